The zero-order valence-corrected chi connectivity index (χ0v) is 22.2. The second kappa shape index (κ2) is 8.39. The number of carbonyl (C=O) groups is 1. The zero-order valence-electron chi connectivity index (χ0n) is 20.5. The van der Waals surface area contributed by atoms with Gasteiger partial charge in [0.2, 0.25) is 10.0 Å². The molecule has 1 aromatic carbocycles. The molecule has 0 aromatic heterocycles. The summed E-state index contributed by atoms with van der Waals surface area (Å²) >= 11 is 0. The second-order valence-corrected chi connectivity index (χ2v) is 14.0. The molecule has 0 radical (unpaired) electrons. The number of anilines is 2. The minimum atomic E-state index is -4.38. The van der Waals surface area contributed by atoms with Crippen molar-refractivity contribution in [1.29, 1.82) is 0 Å². The largest absolute Gasteiger partial charge is 0.509 e. The van der Waals surface area contributed by atoms with Gasteiger partial charge in [-0.15, -0.1) is 0 Å². The summed E-state index contributed by atoms with van der Waals surface area (Å²) in [4.78, 5) is 25.8. The van der Waals surface area contributed by atoms with E-state index in [1.54, 1.807) is 11.8 Å². The van der Waals surface area contributed by atoms with E-state index in [1.165, 1.54) is 18.2 Å². The van der Waals surface area contributed by atoms with Crippen LogP contribution < -0.4 is 15.3 Å². The van der Waals surface area contributed by atoms with Crippen LogP contribution in [0.4, 0.5) is 11.4 Å². The molecule has 0 aliphatic carbocycles. The number of carbonyl (C=O) groups excluding carboxylic acids is 1. The molecule has 0 spiro atoms. The molecule has 34 heavy (non-hydrogen) atoms. The van der Waals surface area contributed by atoms with Gasteiger partial charge in [-0.3, -0.25) is 14.1 Å². The standard InChI is InChI=1S/C22H33N4O6PS/c1-13(2)22(6)18(27)17(20(28)26(22)11-10-21(3,4)5)19-23-15-9-8-14(25-34(7,31)32)12-16(15)33(29,30)24-19/h8-9,12-13,25,27H,10-11H2,1-7H3,(H2,23,24,29,30). The molecular formula is C22H33N4O6PS. The van der Waals surface area contributed by atoms with Gasteiger partial charge in [0.15, 0.2) is 5.84 Å². The predicted molar refractivity (Wildman–Crippen MR) is 134 cm³/mol. The Morgan fingerprint density at radius 3 is 2.44 bits per heavy atom. The second-order valence-electron chi connectivity index (χ2n) is 10.5. The van der Waals surface area contributed by atoms with E-state index in [-0.39, 0.29) is 45.2 Å². The number of hydrogen-bond donors (Lipinski definition) is 4. The molecule has 2 aliphatic rings. The summed E-state index contributed by atoms with van der Waals surface area (Å²) in [7, 11) is -7.97. The number of aliphatic hydroxyl groups is 1. The van der Waals surface area contributed by atoms with Crippen LogP contribution in [0.2, 0.25) is 0 Å². The number of amides is 1. The van der Waals surface area contributed by atoms with E-state index in [0.29, 0.717) is 13.0 Å². The lowest BCUT2D eigenvalue weighted by atomic mass is 9.84. The average Bonchev–Trinajstić information content (AvgIpc) is 2.85. The summed E-state index contributed by atoms with van der Waals surface area (Å²) in [5, 5.41) is 14.0. The van der Waals surface area contributed by atoms with Crippen LogP contribution in [-0.4, -0.2) is 53.4 Å². The number of sulfonamides is 1. The lowest BCUT2D eigenvalue weighted by molar-refractivity contribution is -0.131. The highest BCUT2D eigenvalue weighted by molar-refractivity contribution is 7.92. The third kappa shape index (κ3) is 4.87. The van der Waals surface area contributed by atoms with Gasteiger partial charge in [0.05, 0.1) is 17.2 Å². The van der Waals surface area contributed by atoms with Gasteiger partial charge >= 0.3 is 7.52 Å². The van der Waals surface area contributed by atoms with Crippen LogP contribution in [0.5, 0.6) is 0 Å². The van der Waals surface area contributed by atoms with Gasteiger partial charge in [0, 0.05) is 12.2 Å². The van der Waals surface area contributed by atoms with Crippen molar-refractivity contribution in [3.8, 4) is 0 Å². The number of hydrogen-bond acceptors (Lipinski definition) is 6. The Morgan fingerprint density at radius 2 is 1.91 bits per heavy atom. The third-order valence-electron chi connectivity index (χ3n) is 6.29. The molecule has 2 aliphatic heterocycles. The fourth-order valence-corrected chi connectivity index (χ4v) is 5.85. The normalized spacial score (nSPS) is 25.4. The molecule has 10 nitrogen and oxygen atoms in total. The highest BCUT2D eigenvalue weighted by Gasteiger charge is 2.53. The Kier molecular flexibility index (Phi) is 6.48. The fourth-order valence-electron chi connectivity index (χ4n) is 4.02. The average molecular weight is 513 g/mol. The minimum absolute atomic E-state index is 0.0470. The van der Waals surface area contributed by atoms with Crippen molar-refractivity contribution in [2.24, 2.45) is 16.1 Å². The van der Waals surface area contributed by atoms with E-state index in [9.17, 15) is 27.8 Å². The Bertz CT molecular complexity index is 1250. The van der Waals surface area contributed by atoms with Gasteiger partial charge in [-0.05, 0) is 42.9 Å². The molecule has 0 saturated heterocycles. The summed E-state index contributed by atoms with van der Waals surface area (Å²) in [5.41, 5.74) is -0.888. The van der Waals surface area contributed by atoms with Gasteiger partial charge in [0.25, 0.3) is 5.91 Å². The molecule has 0 saturated carbocycles. The Balaban J connectivity index is 2.05. The molecule has 1 amide bonds. The number of benzene rings is 1. The van der Waals surface area contributed by atoms with Gasteiger partial charge in [0.1, 0.15) is 16.9 Å². The van der Waals surface area contributed by atoms with Crippen molar-refractivity contribution in [1.82, 2.24) is 4.90 Å². The van der Waals surface area contributed by atoms with Crippen molar-refractivity contribution < 1.29 is 27.8 Å². The van der Waals surface area contributed by atoms with Crippen LogP contribution in [-0.2, 0) is 19.4 Å². The topological polar surface area (TPSA) is 148 Å². The maximum atomic E-state index is 13.5. The summed E-state index contributed by atoms with van der Waals surface area (Å²) in [6, 6.07) is 4.08. The first kappa shape index (κ1) is 26.2. The van der Waals surface area contributed by atoms with E-state index in [2.05, 4.69) is 35.6 Å². The molecule has 0 fully saturated rings. The van der Waals surface area contributed by atoms with Crippen molar-refractivity contribution in [3.05, 3.63) is 29.5 Å². The number of nitrogens with zero attached hydrogens (tertiary/aromatic N) is 2. The molecule has 0 bridgehead atoms. The SMILES string of the molecule is CC(C)C1(C)C(O)=C(C2=NP(=O)(O)c3cc(NS(C)(=O)=O)ccc3N2)C(=O)N1CCC(C)(C)C. The van der Waals surface area contributed by atoms with Crippen LogP contribution in [0.3, 0.4) is 0 Å². The number of rotatable bonds is 6. The molecule has 12 heteroatoms. The van der Waals surface area contributed by atoms with Crippen LogP contribution in [0.15, 0.2) is 34.3 Å². The summed E-state index contributed by atoms with van der Waals surface area (Å²) in [5.74, 6) is -1.000. The van der Waals surface area contributed by atoms with Crippen molar-refractivity contribution in [3.63, 3.8) is 0 Å². The molecular weight excluding hydrogens is 479 g/mol. The fraction of sp³-hybridized carbons (Fsp3) is 0.545. The van der Waals surface area contributed by atoms with Gasteiger partial charge in [-0.2, -0.15) is 4.76 Å². The lowest BCUT2D eigenvalue weighted by Gasteiger charge is -2.40. The monoisotopic (exact) mass is 512 g/mol. The first-order valence-corrected chi connectivity index (χ1v) is 14.5. The maximum Gasteiger partial charge on any atom is 0.346 e. The molecule has 4 N–H and O–H groups in total. The Morgan fingerprint density at radius 1 is 1.29 bits per heavy atom. The molecule has 3 rings (SSSR count). The van der Waals surface area contributed by atoms with Gasteiger partial charge in [-0.25, -0.2) is 8.42 Å². The number of nitrogens with one attached hydrogen (secondary N) is 2. The Hall–Kier alpha value is -2.36. The van der Waals surface area contributed by atoms with E-state index in [1.807, 2.05) is 13.8 Å². The molecule has 2 atom stereocenters. The molecule has 188 valence electrons. The summed E-state index contributed by atoms with van der Waals surface area (Å²) in [6.45, 7) is 12.2. The predicted octanol–water partition coefficient (Wildman–Crippen LogP) is 3.20. The van der Waals surface area contributed by atoms with E-state index >= 15 is 0 Å². The number of amidine groups is 1. The van der Waals surface area contributed by atoms with Crippen molar-refractivity contribution >= 4 is 46.0 Å². The quantitative estimate of drug-likeness (QED) is 0.428. The van der Waals surface area contributed by atoms with Crippen molar-refractivity contribution in [2.45, 2.75) is 53.5 Å². The number of aliphatic hydroxyl groups excluding tert-OH is 1. The highest BCUT2D eigenvalue weighted by Crippen LogP contribution is 2.49. The molecule has 1 aromatic rings. The molecule has 2 heterocycles. The number of fused-ring (bicyclic) bond motifs is 1. The maximum absolute atomic E-state index is 13.5. The van der Waals surface area contributed by atoms with Gasteiger partial charge in [-0.1, -0.05) is 34.6 Å². The summed E-state index contributed by atoms with van der Waals surface area (Å²) < 4.78 is 42.3. The molecule has 2 unspecified atom stereocenters. The van der Waals surface area contributed by atoms with Crippen LogP contribution >= 0.6 is 7.52 Å². The first-order chi connectivity index (χ1) is 15.4. The minimum Gasteiger partial charge on any atom is -0.509 e. The lowest BCUT2D eigenvalue weighted by Crippen LogP contribution is -2.50. The zero-order chi connectivity index (χ0) is 25.9. The highest BCUT2D eigenvalue weighted by atomic mass is 32.2. The van der Waals surface area contributed by atoms with E-state index in [4.69, 9.17) is 0 Å². The summed E-state index contributed by atoms with van der Waals surface area (Å²) in [6.07, 6.45) is 1.66. The van der Waals surface area contributed by atoms with E-state index in [0.717, 1.165) is 6.26 Å². The first-order valence-electron chi connectivity index (χ1n) is 11.0. The van der Waals surface area contributed by atoms with Crippen molar-refractivity contribution in [2.75, 3.05) is 22.8 Å². The van der Waals surface area contributed by atoms with Crippen LogP contribution in [0.25, 0.3) is 0 Å². The van der Waals surface area contributed by atoms with Crippen LogP contribution in [0.1, 0.15) is 48.0 Å². The smallest absolute Gasteiger partial charge is 0.346 e. The van der Waals surface area contributed by atoms with E-state index < -0.39 is 29.0 Å². The third-order valence-corrected chi connectivity index (χ3v) is 8.36. The Labute approximate surface area is 200 Å². The van der Waals surface area contributed by atoms with Gasteiger partial charge < -0.3 is 20.2 Å². The van der Waals surface area contributed by atoms with Crippen LogP contribution in [0, 0.1) is 11.3 Å².